The molecule has 33 heavy (non-hydrogen) atoms. The second-order valence-corrected chi connectivity index (χ2v) is 8.54. The van der Waals surface area contributed by atoms with Crippen LogP contribution in [0.3, 0.4) is 0 Å². The van der Waals surface area contributed by atoms with Crippen molar-refractivity contribution in [1.82, 2.24) is 4.90 Å². The monoisotopic (exact) mass is 472 g/mol. The molecule has 1 aliphatic heterocycles. The average molecular weight is 473 g/mol. The van der Waals surface area contributed by atoms with E-state index >= 15 is 0 Å². The van der Waals surface area contributed by atoms with E-state index in [4.69, 9.17) is 21.1 Å². The molecule has 1 atom stereocenters. The highest BCUT2D eigenvalue weighted by Crippen LogP contribution is 2.40. The predicted molar refractivity (Wildman–Crippen MR) is 124 cm³/mol. The molecule has 1 aliphatic rings. The van der Waals surface area contributed by atoms with Gasteiger partial charge in [-0.2, -0.15) is 0 Å². The van der Waals surface area contributed by atoms with Gasteiger partial charge >= 0.3 is 0 Å². The SMILES string of the molecule is CCOc1ccc(/C([O-])=C2\C(=O)C(=O)N(CCC[NH+](C)C)C2c2ccc(OC)cc2)cc1Cl. The number of Topliss-reactive ketones (excluding diaryl/α,β-unsaturated/α-hetero) is 1. The molecule has 1 unspecified atom stereocenters. The Labute approximate surface area is 199 Å². The van der Waals surface area contributed by atoms with Gasteiger partial charge in [0, 0.05) is 18.5 Å². The second kappa shape index (κ2) is 10.7. The zero-order chi connectivity index (χ0) is 24.1. The summed E-state index contributed by atoms with van der Waals surface area (Å²) in [4.78, 5) is 28.7. The lowest BCUT2D eigenvalue weighted by molar-refractivity contribution is -0.858. The molecule has 0 radical (unpaired) electrons. The summed E-state index contributed by atoms with van der Waals surface area (Å²) in [7, 11) is 5.60. The largest absolute Gasteiger partial charge is 0.872 e. The van der Waals surface area contributed by atoms with Crippen molar-refractivity contribution in [2.45, 2.75) is 19.4 Å². The quantitative estimate of drug-likeness (QED) is 0.340. The summed E-state index contributed by atoms with van der Waals surface area (Å²) in [6.07, 6.45) is 0.699. The number of hydrogen-bond donors (Lipinski definition) is 1. The number of nitrogens with one attached hydrogen (secondary N) is 1. The Morgan fingerprint density at radius 2 is 1.85 bits per heavy atom. The summed E-state index contributed by atoms with van der Waals surface area (Å²) in [5, 5.41) is 13.8. The van der Waals surface area contributed by atoms with Crippen molar-refractivity contribution in [3.05, 3.63) is 64.2 Å². The van der Waals surface area contributed by atoms with Gasteiger partial charge in [-0.05, 0) is 42.3 Å². The van der Waals surface area contributed by atoms with E-state index in [0.29, 0.717) is 36.6 Å². The third-order valence-electron chi connectivity index (χ3n) is 5.53. The Balaban J connectivity index is 2.08. The first kappa shape index (κ1) is 24.6. The highest BCUT2D eigenvalue weighted by Gasteiger charge is 2.44. The molecule has 0 bridgehead atoms. The molecule has 176 valence electrons. The zero-order valence-corrected chi connectivity index (χ0v) is 20.1. The Morgan fingerprint density at radius 3 is 2.42 bits per heavy atom. The summed E-state index contributed by atoms with van der Waals surface area (Å²) in [5.74, 6) is -0.856. The van der Waals surface area contributed by atoms with Crippen LogP contribution in [-0.2, 0) is 9.59 Å². The molecule has 0 saturated carbocycles. The van der Waals surface area contributed by atoms with Crippen LogP contribution in [-0.4, -0.2) is 57.5 Å². The van der Waals surface area contributed by atoms with Crippen LogP contribution in [0.25, 0.3) is 5.76 Å². The van der Waals surface area contributed by atoms with Crippen molar-refractivity contribution in [2.24, 2.45) is 0 Å². The van der Waals surface area contributed by atoms with Crippen molar-refractivity contribution in [3.63, 3.8) is 0 Å². The van der Waals surface area contributed by atoms with Crippen LogP contribution in [0.1, 0.15) is 30.5 Å². The standard InChI is InChI=1S/C25H29ClN2O5/c1-5-33-20-12-9-17(15-19(20)26)23(29)21-22(16-7-10-18(32-4)11-8-16)28(25(31)24(21)30)14-6-13-27(2)3/h7-12,15,22,29H,5-6,13-14H2,1-4H3/b23-21+. The molecule has 0 spiro atoms. The fourth-order valence-corrected chi connectivity index (χ4v) is 4.14. The van der Waals surface area contributed by atoms with Gasteiger partial charge in [-0.15, -0.1) is 0 Å². The molecular formula is C25H29ClN2O5. The third kappa shape index (κ3) is 5.31. The minimum atomic E-state index is -0.775. The minimum absolute atomic E-state index is 0.0670. The van der Waals surface area contributed by atoms with Gasteiger partial charge in [-0.1, -0.05) is 35.6 Å². The van der Waals surface area contributed by atoms with Crippen LogP contribution < -0.4 is 19.5 Å². The van der Waals surface area contributed by atoms with Crippen molar-refractivity contribution < 1.29 is 29.1 Å². The fraction of sp³-hybridized carbons (Fsp3) is 0.360. The molecule has 2 aromatic carbocycles. The molecule has 0 aliphatic carbocycles. The maximum Gasteiger partial charge on any atom is 0.295 e. The van der Waals surface area contributed by atoms with Gasteiger partial charge in [0.15, 0.2) is 0 Å². The van der Waals surface area contributed by atoms with Gasteiger partial charge in [0.25, 0.3) is 5.91 Å². The van der Waals surface area contributed by atoms with Crippen LogP contribution in [0.5, 0.6) is 11.5 Å². The van der Waals surface area contributed by atoms with Crippen LogP contribution in [0, 0.1) is 0 Å². The molecule has 1 saturated heterocycles. The van der Waals surface area contributed by atoms with Gasteiger partial charge in [0.05, 0.1) is 45.4 Å². The number of ketones is 1. The number of benzene rings is 2. The van der Waals surface area contributed by atoms with Gasteiger partial charge in [-0.25, -0.2) is 0 Å². The van der Waals surface area contributed by atoms with Crippen molar-refractivity contribution in [3.8, 4) is 11.5 Å². The minimum Gasteiger partial charge on any atom is -0.872 e. The summed E-state index contributed by atoms with van der Waals surface area (Å²) in [5.41, 5.74) is 0.841. The first-order chi connectivity index (χ1) is 15.8. The lowest BCUT2D eigenvalue weighted by atomic mass is 9.95. The third-order valence-corrected chi connectivity index (χ3v) is 5.83. The van der Waals surface area contributed by atoms with Crippen molar-refractivity contribution >= 4 is 29.1 Å². The maximum atomic E-state index is 13.5. The normalized spacial score (nSPS) is 17.6. The smallest absolute Gasteiger partial charge is 0.295 e. The molecule has 2 aromatic rings. The van der Waals surface area contributed by atoms with Gasteiger partial charge < -0.3 is 24.4 Å². The number of methoxy groups -OCH3 is 1. The van der Waals surface area contributed by atoms with Gasteiger partial charge in [-0.3, -0.25) is 9.59 Å². The molecule has 1 N–H and O–H groups in total. The highest BCUT2D eigenvalue weighted by atomic mass is 35.5. The summed E-state index contributed by atoms with van der Waals surface area (Å²) in [6, 6.07) is 10.9. The van der Waals surface area contributed by atoms with Crippen LogP contribution in [0.4, 0.5) is 0 Å². The number of likely N-dealkylation sites (tertiary alicyclic amines) is 1. The van der Waals surface area contributed by atoms with Gasteiger partial charge in [0.1, 0.15) is 11.5 Å². The van der Waals surface area contributed by atoms with Crippen LogP contribution in [0.2, 0.25) is 5.02 Å². The van der Waals surface area contributed by atoms with E-state index in [1.165, 1.54) is 15.9 Å². The van der Waals surface area contributed by atoms with E-state index in [1.807, 2.05) is 21.0 Å². The molecule has 8 heteroatoms. The lowest BCUT2D eigenvalue weighted by Gasteiger charge is -2.28. The summed E-state index contributed by atoms with van der Waals surface area (Å²) >= 11 is 6.27. The highest BCUT2D eigenvalue weighted by molar-refractivity contribution is 6.46. The molecule has 1 fully saturated rings. The number of ether oxygens (including phenoxy) is 2. The number of carbonyl (C=O) groups is 2. The van der Waals surface area contributed by atoms with Crippen molar-refractivity contribution in [1.29, 1.82) is 0 Å². The summed E-state index contributed by atoms with van der Waals surface area (Å²) in [6.45, 7) is 3.46. The van der Waals surface area contributed by atoms with E-state index in [-0.39, 0.29) is 16.2 Å². The second-order valence-electron chi connectivity index (χ2n) is 8.14. The Kier molecular flexibility index (Phi) is 8.00. The molecule has 1 amide bonds. The van der Waals surface area contributed by atoms with E-state index in [0.717, 1.165) is 6.54 Å². The van der Waals surface area contributed by atoms with E-state index in [2.05, 4.69) is 0 Å². The Bertz CT molecular complexity index is 1050. The molecule has 3 rings (SSSR count). The molecule has 7 nitrogen and oxygen atoms in total. The molecular weight excluding hydrogens is 444 g/mol. The maximum absolute atomic E-state index is 13.5. The first-order valence-corrected chi connectivity index (χ1v) is 11.3. The zero-order valence-electron chi connectivity index (χ0n) is 19.3. The number of halogens is 1. The average Bonchev–Trinajstić information content (AvgIpc) is 3.05. The molecule has 0 aromatic heterocycles. The number of amides is 1. The first-order valence-electron chi connectivity index (χ1n) is 10.9. The van der Waals surface area contributed by atoms with Gasteiger partial charge in [0.2, 0.25) is 5.78 Å². The van der Waals surface area contributed by atoms with Crippen LogP contribution >= 0.6 is 11.6 Å². The van der Waals surface area contributed by atoms with E-state index in [9.17, 15) is 14.7 Å². The number of carbonyl (C=O) groups excluding carboxylic acids is 2. The number of nitrogens with zero attached hydrogens (tertiary/aromatic N) is 1. The van der Waals surface area contributed by atoms with Crippen molar-refractivity contribution in [2.75, 3.05) is 40.9 Å². The Morgan fingerprint density at radius 1 is 1.15 bits per heavy atom. The Hall–Kier alpha value is -3.03. The number of quaternary nitrogens is 1. The molecule has 1 heterocycles. The van der Waals surface area contributed by atoms with Crippen LogP contribution in [0.15, 0.2) is 48.0 Å². The summed E-state index contributed by atoms with van der Waals surface area (Å²) < 4.78 is 10.7. The lowest BCUT2D eigenvalue weighted by Crippen LogP contribution is -3.05. The number of rotatable bonds is 9. The van der Waals surface area contributed by atoms with E-state index in [1.54, 1.807) is 43.5 Å². The van der Waals surface area contributed by atoms with E-state index < -0.39 is 23.5 Å². The number of hydrogen-bond acceptors (Lipinski definition) is 5. The predicted octanol–water partition coefficient (Wildman–Crippen LogP) is 1.51. The fourth-order valence-electron chi connectivity index (χ4n) is 3.91. The topological polar surface area (TPSA) is 83.3 Å².